The monoisotopic (exact) mass is 298 g/mol. The first-order valence-electron chi connectivity index (χ1n) is 6.85. The molecule has 1 N–H and O–H groups in total. The second-order valence-corrected chi connectivity index (χ2v) is 6.28. The van der Waals surface area contributed by atoms with Gasteiger partial charge in [-0.05, 0) is 31.5 Å². The van der Waals surface area contributed by atoms with Crippen LogP contribution < -0.4 is 10.2 Å². The normalized spacial score (nSPS) is 10.9. The van der Waals surface area contributed by atoms with Gasteiger partial charge in [0, 0.05) is 24.7 Å². The lowest BCUT2D eigenvalue weighted by Crippen LogP contribution is -2.14. The maximum absolute atomic E-state index is 4.66. The fraction of sp³-hybridized carbons (Fsp3) is 0.250. The fourth-order valence-electron chi connectivity index (χ4n) is 2.45. The van der Waals surface area contributed by atoms with Gasteiger partial charge in [-0.1, -0.05) is 18.2 Å². The van der Waals surface area contributed by atoms with Crippen molar-refractivity contribution in [2.75, 3.05) is 24.3 Å². The van der Waals surface area contributed by atoms with Crippen LogP contribution in [0.5, 0.6) is 0 Å². The van der Waals surface area contributed by atoms with E-state index in [0.717, 1.165) is 21.7 Å². The zero-order chi connectivity index (χ0) is 15.0. The van der Waals surface area contributed by atoms with Crippen molar-refractivity contribution in [1.29, 1.82) is 0 Å². The maximum atomic E-state index is 4.66. The van der Waals surface area contributed by atoms with Crippen LogP contribution in [-0.4, -0.2) is 24.1 Å². The summed E-state index contributed by atoms with van der Waals surface area (Å²) in [7, 11) is 3.90. The van der Waals surface area contributed by atoms with Crippen LogP contribution in [0, 0.1) is 13.8 Å². The van der Waals surface area contributed by atoms with E-state index in [1.807, 2.05) is 7.05 Å². The Morgan fingerprint density at radius 3 is 2.62 bits per heavy atom. The van der Waals surface area contributed by atoms with E-state index in [1.54, 1.807) is 11.3 Å². The Kier molecular flexibility index (Phi) is 3.51. The molecule has 0 saturated heterocycles. The predicted octanol–water partition coefficient (Wildman–Crippen LogP) is 4.12. The van der Waals surface area contributed by atoms with Gasteiger partial charge in [0.25, 0.3) is 0 Å². The van der Waals surface area contributed by atoms with Crippen LogP contribution in [0.1, 0.15) is 10.4 Å². The largest absolute Gasteiger partial charge is 0.357 e. The van der Waals surface area contributed by atoms with Gasteiger partial charge in [0.2, 0.25) is 5.95 Å². The number of hydrogen-bond acceptors (Lipinski definition) is 5. The number of aryl methyl sites for hydroxylation is 2. The van der Waals surface area contributed by atoms with Crippen molar-refractivity contribution in [3.63, 3.8) is 0 Å². The molecule has 0 amide bonds. The standard InChI is InChI=1S/C16H18N4S/c1-10-7-5-6-8-13(10)20(4)14-12-9-11(2)21-15(12)19-16(17-3)18-14/h5-9H,1-4H3,(H,17,18,19). The Bertz CT molecular complexity index is 794. The smallest absolute Gasteiger partial charge is 0.225 e. The van der Waals surface area contributed by atoms with Crippen LogP contribution in [0.2, 0.25) is 0 Å². The van der Waals surface area contributed by atoms with Crippen molar-refractivity contribution in [3.8, 4) is 0 Å². The average molecular weight is 298 g/mol. The first kappa shape index (κ1) is 13.8. The zero-order valence-electron chi connectivity index (χ0n) is 12.6. The van der Waals surface area contributed by atoms with E-state index in [2.05, 4.69) is 71.4 Å². The number of fused-ring (bicyclic) bond motifs is 1. The molecular weight excluding hydrogens is 280 g/mol. The van der Waals surface area contributed by atoms with Crippen LogP contribution in [0.25, 0.3) is 10.2 Å². The summed E-state index contributed by atoms with van der Waals surface area (Å²) in [6, 6.07) is 10.5. The average Bonchev–Trinajstić information content (AvgIpc) is 2.86. The van der Waals surface area contributed by atoms with Crippen LogP contribution in [0.15, 0.2) is 30.3 Å². The lowest BCUT2D eigenvalue weighted by atomic mass is 10.2. The molecule has 0 aliphatic rings. The summed E-state index contributed by atoms with van der Waals surface area (Å²) in [5.74, 6) is 1.59. The summed E-state index contributed by atoms with van der Waals surface area (Å²) in [4.78, 5) is 13.6. The molecule has 0 atom stereocenters. The quantitative estimate of drug-likeness (QED) is 0.790. The van der Waals surface area contributed by atoms with Gasteiger partial charge in [-0.2, -0.15) is 4.98 Å². The molecule has 0 aliphatic heterocycles. The highest BCUT2D eigenvalue weighted by Gasteiger charge is 2.15. The minimum Gasteiger partial charge on any atom is -0.357 e. The molecule has 1 aromatic carbocycles. The van der Waals surface area contributed by atoms with Crippen LogP contribution >= 0.6 is 11.3 Å². The third-order valence-corrected chi connectivity index (χ3v) is 4.46. The molecule has 2 heterocycles. The highest BCUT2D eigenvalue weighted by molar-refractivity contribution is 7.18. The number of anilines is 3. The van der Waals surface area contributed by atoms with Crippen molar-refractivity contribution >= 4 is 39.0 Å². The van der Waals surface area contributed by atoms with Crippen molar-refractivity contribution < 1.29 is 0 Å². The molecular formula is C16H18N4S. The molecule has 21 heavy (non-hydrogen) atoms. The van der Waals surface area contributed by atoms with Crippen molar-refractivity contribution in [2.45, 2.75) is 13.8 Å². The third-order valence-electron chi connectivity index (χ3n) is 3.51. The van der Waals surface area contributed by atoms with Gasteiger partial charge in [0.1, 0.15) is 10.6 Å². The van der Waals surface area contributed by atoms with Crippen molar-refractivity contribution in [3.05, 3.63) is 40.8 Å². The molecule has 2 aromatic heterocycles. The van der Waals surface area contributed by atoms with Crippen LogP contribution in [0.4, 0.5) is 17.5 Å². The van der Waals surface area contributed by atoms with Crippen LogP contribution in [-0.2, 0) is 0 Å². The number of nitrogens with zero attached hydrogens (tertiary/aromatic N) is 3. The lowest BCUT2D eigenvalue weighted by molar-refractivity contribution is 1.10. The molecule has 3 aromatic rings. The molecule has 0 bridgehead atoms. The topological polar surface area (TPSA) is 41.1 Å². The van der Waals surface area contributed by atoms with E-state index in [0.29, 0.717) is 5.95 Å². The molecule has 0 radical (unpaired) electrons. The van der Waals surface area contributed by atoms with Gasteiger partial charge >= 0.3 is 0 Å². The summed E-state index contributed by atoms with van der Waals surface area (Å²) in [6.07, 6.45) is 0. The summed E-state index contributed by atoms with van der Waals surface area (Å²) in [5.41, 5.74) is 2.38. The number of rotatable bonds is 3. The minimum absolute atomic E-state index is 0.653. The van der Waals surface area contributed by atoms with E-state index in [9.17, 15) is 0 Å². The summed E-state index contributed by atoms with van der Waals surface area (Å²) in [6.45, 7) is 4.21. The molecule has 3 rings (SSSR count). The van der Waals surface area contributed by atoms with Crippen molar-refractivity contribution in [2.24, 2.45) is 0 Å². The molecule has 0 fully saturated rings. The maximum Gasteiger partial charge on any atom is 0.225 e. The van der Waals surface area contributed by atoms with E-state index >= 15 is 0 Å². The van der Waals surface area contributed by atoms with Gasteiger partial charge in [0.05, 0.1) is 5.39 Å². The van der Waals surface area contributed by atoms with E-state index < -0.39 is 0 Å². The number of benzene rings is 1. The number of para-hydroxylation sites is 1. The van der Waals surface area contributed by atoms with Gasteiger partial charge in [-0.25, -0.2) is 4.98 Å². The Morgan fingerprint density at radius 2 is 1.90 bits per heavy atom. The molecule has 5 heteroatoms. The lowest BCUT2D eigenvalue weighted by Gasteiger charge is -2.21. The molecule has 0 aliphatic carbocycles. The second-order valence-electron chi connectivity index (χ2n) is 5.04. The van der Waals surface area contributed by atoms with E-state index in [-0.39, 0.29) is 0 Å². The second kappa shape index (κ2) is 5.33. The van der Waals surface area contributed by atoms with Crippen molar-refractivity contribution in [1.82, 2.24) is 9.97 Å². The number of hydrogen-bond donors (Lipinski definition) is 1. The first-order valence-corrected chi connectivity index (χ1v) is 7.67. The van der Waals surface area contributed by atoms with E-state index in [4.69, 9.17) is 0 Å². The van der Waals surface area contributed by atoms with Gasteiger partial charge in [-0.3, -0.25) is 0 Å². The zero-order valence-corrected chi connectivity index (χ0v) is 13.5. The summed E-state index contributed by atoms with van der Waals surface area (Å²) < 4.78 is 0. The highest BCUT2D eigenvalue weighted by atomic mass is 32.1. The number of aromatic nitrogens is 2. The summed E-state index contributed by atoms with van der Waals surface area (Å²) in [5, 5.41) is 4.15. The van der Waals surface area contributed by atoms with Gasteiger partial charge in [-0.15, -0.1) is 11.3 Å². The number of nitrogens with one attached hydrogen (secondary N) is 1. The Morgan fingerprint density at radius 1 is 1.14 bits per heavy atom. The molecule has 4 nitrogen and oxygen atoms in total. The third kappa shape index (κ3) is 2.45. The highest BCUT2D eigenvalue weighted by Crippen LogP contribution is 2.35. The Balaban J connectivity index is 2.21. The predicted molar refractivity (Wildman–Crippen MR) is 90.9 cm³/mol. The van der Waals surface area contributed by atoms with Crippen LogP contribution in [0.3, 0.4) is 0 Å². The first-order chi connectivity index (χ1) is 10.1. The van der Waals surface area contributed by atoms with Gasteiger partial charge < -0.3 is 10.2 Å². The Labute approximate surface area is 128 Å². The molecule has 0 spiro atoms. The fourth-order valence-corrected chi connectivity index (χ4v) is 3.32. The molecule has 0 saturated carbocycles. The summed E-state index contributed by atoms with van der Waals surface area (Å²) >= 11 is 1.69. The molecule has 108 valence electrons. The number of thiophene rings is 1. The Hall–Kier alpha value is -2.14. The minimum atomic E-state index is 0.653. The van der Waals surface area contributed by atoms with E-state index in [1.165, 1.54) is 10.4 Å². The SMILES string of the molecule is CNc1nc(N(C)c2ccccc2C)c2cc(C)sc2n1. The van der Waals surface area contributed by atoms with Gasteiger partial charge in [0.15, 0.2) is 0 Å². The molecule has 0 unspecified atom stereocenters.